The molecule has 2 aliphatic rings. The van der Waals surface area contributed by atoms with E-state index in [1.54, 1.807) is 0 Å². The van der Waals surface area contributed by atoms with E-state index in [1.165, 1.54) is 5.56 Å². The van der Waals surface area contributed by atoms with Crippen LogP contribution in [-0.4, -0.2) is 32.8 Å². The number of hydrogen-bond donors (Lipinski definition) is 1. The van der Waals surface area contributed by atoms with E-state index in [2.05, 4.69) is 52.2 Å². The lowest BCUT2D eigenvalue weighted by Crippen LogP contribution is -2.64. The van der Waals surface area contributed by atoms with Crippen LogP contribution >= 0.6 is 0 Å². The fraction of sp³-hybridized carbons (Fsp3) is 0.667. The molecule has 25 heavy (non-hydrogen) atoms. The summed E-state index contributed by atoms with van der Waals surface area (Å²) in [6.07, 6.45) is 2.17. The lowest BCUT2D eigenvalue weighted by atomic mass is 9.71. The molecule has 4 heteroatoms. The molecule has 0 aromatic heterocycles. The lowest BCUT2D eigenvalue weighted by molar-refractivity contribution is 0.0326. The van der Waals surface area contributed by atoms with Gasteiger partial charge in [-0.1, -0.05) is 45.0 Å². The number of benzene rings is 1. The third-order valence-electron chi connectivity index (χ3n) is 6.72. The minimum Gasteiger partial charge on any atom is -0.414 e. The van der Waals surface area contributed by atoms with E-state index in [1.807, 2.05) is 18.2 Å². The molecule has 4 atom stereocenters. The topological polar surface area (TPSA) is 38.3 Å². The summed E-state index contributed by atoms with van der Waals surface area (Å²) < 4.78 is 6.62. The monoisotopic (exact) mass is 359 g/mol. The minimum atomic E-state index is -1.78. The molecule has 0 spiro atoms. The number of Topliss-reactive ketones (excluding diaryl/α,β-unsaturated/α-hetero) is 1. The molecule has 1 aliphatic heterocycles. The highest BCUT2D eigenvalue weighted by Crippen LogP contribution is 2.40. The Morgan fingerprint density at radius 1 is 1.24 bits per heavy atom. The molecule has 3 nitrogen and oxygen atoms in total. The number of carbonyl (C=O) groups excluding carboxylic acids is 1. The first-order valence-electron chi connectivity index (χ1n) is 9.65. The van der Waals surface area contributed by atoms with Crippen molar-refractivity contribution in [2.75, 3.05) is 6.54 Å². The molecule has 0 saturated carbocycles. The van der Waals surface area contributed by atoms with E-state index in [-0.39, 0.29) is 23.1 Å². The fourth-order valence-electron chi connectivity index (χ4n) is 3.98. The van der Waals surface area contributed by atoms with Crippen LogP contribution in [0.3, 0.4) is 0 Å². The second-order valence-electron chi connectivity index (χ2n) is 9.35. The Labute approximate surface area is 153 Å². The van der Waals surface area contributed by atoms with E-state index in [0.717, 1.165) is 24.9 Å². The number of rotatable bonds is 4. The third-order valence-corrected chi connectivity index (χ3v) is 11.3. The van der Waals surface area contributed by atoms with Crippen LogP contribution in [0, 0.1) is 11.8 Å². The number of nitrogens with one attached hydrogen (secondary N) is 1. The Bertz CT molecular complexity index is 650. The van der Waals surface area contributed by atoms with Gasteiger partial charge in [-0.2, -0.15) is 0 Å². The molecule has 0 unspecified atom stereocenters. The molecule has 138 valence electrons. The van der Waals surface area contributed by atoms with Gasteiger partial charge in [0.2, 0.25) is 0 Å². The number of carbonyl (C=O) groups is 1. The molecule has 1 fully saturated rings. The summed E-state index contributed by atoms with van der Waals surface area (Å²) >= 11 is 0. The molecule has 1 N–H and O–H groups in total. The summed E-state index contributed by atoms with van der Waals surface area (Å²) in [5.41, 5.74) is 2.15. The number of fused-ring (bicyclic) bond motifs is 1. The first kappa shape index (κ1) is 18.8. The van der Waals surface area contributed by atoms with Crippen LogP contribution in [-0.2, 0) is 10.8 Å². The van der Waals surface area contributed by atoms with Crippen molar-refractivity contribution >= 4 is 14.1 Å². The fourth-order valence-corrected chi connectivity index (χ4v) is 5.44. The molecule has 3 rings (SSSR count). The molecule has 1 aromatic rings. The second-order valence-corrected chi connectivity index (χ2v) is 14.1. The maximum atomic E-state index is 13.0. The molecular formula is C21H33NO2Si. The first-order valence-corrected chi connectivity index (χ1v) is 12.6. The van der Waals surface area contributed by atoms with Gasteiger partial charge in [0, 0.05) is 36.1 Å². The summed E-state index contributed by atoms with van der Waals surface area (Å²) in [4.78, 5) is 13.0. The molecular weight excluding hydrogens is 326 g/mol. The molecule has 0 amide bonds. The van der Waals surface area contributed by atoms with Crippen LogP contribution in [0.15, 0.2) is 24.3 Å². The molecule has 1 heterocycles. The highest BCUT2D eigenvalue weighted by molar-refractivity contribution is 6.74. The van der Waals surface area contributed by atoms with Gasteiger partial charge < -0.3 is 9.74 Å². The number of hydrogen-bond acceptors (Lipinski definition) is 3. The van der Waals surface area contributed by atoms with Crippen LogP contribution in [0.25, 0.3) is 0 Å². The van der Waals surface area contributed by atoms with Crippen molar-refractivity contribution < 1.29 is 9.22 Å². The van der Waals surface area contributed by atoms with Crippen molar-refractivity contribution in [3.8, 4) is 0 Å². The first-order chi connectivity index (χ1) is 11.6. The predicted octanol–water partition coefficient (Wildman–Crippen LogP) is 4.43. The van der Waals surface area contributed by atoms with Crippen LogP contribution in [0.2, 0.25) is 18.1 Å². The van der Waals surface area contributed by atoms with Crippen LogP contribution in [0.5, 0.6) is 0 Å². The van der Waals surface area contributed by atoms with E-state index in [9.17, 15) is 4.79 Å². The molecule has 0 radical (unpaired) electrons. The van der Waals surface area contributed by atoms with E-state index in [0.29, 0.717) is 11.7 Å². The maximum absolute atomic E-state index is 13.0. The zero-order chi connectivity index (χ0) is 18.4. The summed E-state index contributed by atoms with van der Waals surface area (Å²) in [5.74, 6) is 0.857. The van der Waals surface area contributed by atoms with Gasteiger partial charge >= 0.3 is 0 Å². The van der Waals surface area contributed by atoms with Crippen LogP contribution < -0.4 is 5.32 Å². The van der Waals surface area contributed by atoms with E-state index >= 15 is 0 Å². The van der Waals surface area contributed by atoms with Gasteiger partial charge in [0.25, 0.3) is 0 Å². The normalized spacial score (nSPS) is 28.2. The van der Waals surface area contributed by atoms with Crippen molar-refractivity contribution in [3.05, 3.63) is 35.4 Å². The maximum Gasteiger partial charge on any atom is 0.192 e. The van der Waals surface area contributed by atoms with Crippen molar-refractivity contribution in [3.63, 3.8) is 0 Å². The Kier molecular flexibility index (Phi) is 4.99. The second kappa shape index (κ2) is 6.64. The van der Waals surface area contributed by atoms with Gasteiger partial charge in [0.15, 0.2) is 14.1 Å². The predicted molar refractivity (Wildman–Crippen MR) is 106 cm³/mol. The van der Waals surface area contributed by atoms with Crippen LogP contribution in [0.1, 0.15) is 50.0 Å². The number of ketones is 1. The quantitative estimate of drug-likeness (QED) is 0.808. The third kappa shape index (κ3) is 3.49. The largest absolute Gasteiger partial charge is 0.414 e. The Balaban J connectivity index is 1.70. The van der Waals surface area contributed by atoms with Crippen molar-refractivity contribution in [1.82, 2.24) is 5.32 Å². The summed E-state index contributed by atoms with van der Waals surface area (Å²) in [7, 11) is -1.78. The minimum absolute atomic E-state index is 0.0964. The zero-order valence-corrected chi connectivity index (χ0v) is 17.6. The highest BCUT2D eigenvalue weighted by Gasteiger charge is 2.47. The van der Waals surface area contributed by atoms with Gasteiger partial charge in [0.05, 0.1) is 0 Å². The molecule has 1 saturated heterocycles. The van der Waals surface area contributed by atoms with Gasteiger partial charge in [-0.25, -0.2) is 0 Å². The van der Waals surface area contributed by atoms with Gasteiger partial charge in [0.1, 0.15) is 0 Å². The average Bonchev–Trinajstić information content (AvgIpc) is 2.47. The van der Waals surface area contributed by atoms with Gasteiger partial charge in [-0.15, -0.1) is 0 Å². The van der Waals surface area contributed by atoms with Crippen molar-refractivity contribution in [2.45, 2.75) is 70.8 Å². The molecule has 0 bridgehead atoms. The number of aryl methyl sites for hydroxylation is 1. The summed E-state index contributed by atoms with van der Waals surface area (Å²) in [5, 5.41) is 3.76. The van der Waals surface area contributed by atoms with E-state index < -0.39 is 8.32 Å². The average molecular weight is 360 g/mol. The molecule has 1 aliphatic carbocycles. The standard InChI is InChI=1S/C21H33NO2Si/c1-14(24-25(5,6)21(2,3)4)18-13-22-19(18)17-12-11-15-9-7-8-10-16(15)20(17)23/h7-10,14,17-19,22H,11-13H2,1-6H3/t14-,17+,18-,19+/m1/s1. The SMILES string of the molecule is C[C@@H](O[Si](C)(C)C(C)(C)C)[C@H]1CN[C@H]1[C@@H]1CCc2ccccc2C1=O. The summed E-state index contributed by atoms with van der Waals surface area (Å²) in [6.45, 7) is 14.6. The Hall–Kier alpha value is -0.973. The summed E-state index contributed by atoms with van der Waals surface area (Å²) in [6, 6.07) is 8.37. The zero-order valence-electron chi connectivity index (χ0n) is 16.6. The Morgan fingerprint density at radius 3 is 2.52 bits per heavy atom. The van der Waals surface area contributed by atoms with Crippen molar-refractivity contribution in [1.29, 1.82) is 0 Å². The van der Waals surface area contributed by atoms with Gasteiger partial charge in [-0.05, 0) is 43.5 Å². The van der Waals surface area contributed by atoms with Crippen LogP contribution in [0.4, 0.5) is 0 Å². The smallest absolute Gasteiger partial charge is 0.192 e. The molecule has 1 aromatic carbocycles. The van der Waals surface area contributed by atoms with E-state index in [4.69, 9.17) is 4.43 Å². The lowest BCUT2D eigenvalue weighted by Gasteiger charge is -2.49. The van der Waals surface area contributed by atoms with Gasteiger partial charge in [-0.3, -0.25) is 4.79 Å². The highest BCUT2D eigenvalue weighted by atomic mass is 28.4. The Morgan fingerprint density at radius 2 is 1.92 bits per heavy atom. The van der Waals surface area contributed by atoms with Crippen molar-refractivity contribution in [2.24, 2.45) is 11.8 Å².